The molecule has 0 aliphatic heterocycles. The molecule has 0 spiro atoms. The van der Waals surface area contributed by atoms with Crippen LogP contribution in [0.3, 0.4) is 0 Å². The molecule has 12 heavy (non-hydrogen) atoms. The first-order valence-corrected chi connectivity index (χ1v) is 4.00. The number of nitrogens with two attached hydrogens (primary N) is 1. The summed E-state index contributed by atoms with van der Waals surface area (Å²) in [6.07, 6.45) is 0. The molecule has 0 bridgehead atoms. The summed E-state index contributed by atoms with van der Waals surface area (Å²) in [6, 6.07) is -0.526. The van der Waals surface area contributed by atoms with Gasteiger partial charge in [-0.25, -0.2) is 0 Å². The van der Waals surface area contributed by atoms with Crippen molar-refractivity contribution in [2.75, 3.05) is 20.3 Å². The molecule has 0 saturated heterocycles. The van der Waals surface area contributed by atoms with Crippen LogP contribution in [-0.4, -0.2) is 32.3 Å². The van der Waals surface area contributed by atoms with Crippen molar-refractivity contribution >= 4 is 5.97 Å². The number of esters is 1. The Morgan fingerprint density at radius 2 is 2.00 bits per heavy atom. The second-order valence-corrected chi connectivity index (χ2v) is 2.93. The van der Waals surface area contributed by atoms with Crippen molar-refractivity contribution < 1.29 is 14.3 Å². The van der Waals surface area contributed by atoms with E-state index in [2.05, 4.69) is 0 Å². The smallest absolute Gasteiger partial charge is 0.323 e. The number of rotatable bonds is 5. The van der Waals surface area contributed by atoms with Gasteiger partial charge in [-0.1, -0.05) is 13.8 Å². The second kappa shape index (κ2) is 5.97. The molecule has 0 aromatic heterocycles. The van der Waals surface area contributed by atoms with Gasteiger partial charge in [0.25, 0.3) is 0 Å². The summed E-state index contributed by atoms with van der Waals surface area (Å²) in [5.74, 6) is -0.248. The molecule has 0 aromatic carbocycles. The molecule has 4 nitrogen and oxygen atoms in total. The fourth-order valence-electron chi connectivity index (χ4n) is 0.594. The monoisotopic (exact) mass is 175 g/mol. The predicted octanol–water partition coefficient (Wildman–Crippen LogP) is 0.159. The van der Waals surface area contributed by atoms with E-state index in [0.29, 0.717) is 6.61 Å². The highest BCUT2D eigenvalue weighted by Crippen LogP contribution is 1.99. The van der Waals surface area contributed by atoms with Gasteiger partial charge in [-0.3, -0.25) is 4.79 Å². The molecule has 0 unspecified atom stereocenters. The van der Waals surface area contributed by atoms with Gasteiger partial charge in [0.1, 0.15) is 12.6 Å². The molecule has 0 amide bonds. The minimum atomic E-state index is -0.526. The molecule has 2 N–H and O–H groups in total. The van der Waals surface area contributed by atoms with Gasteiger partial charge in [-0.15, -0.1) is 0 Å². The van der Waals surface area contributed by atoms with E-state index in [4.69, 9.17) is 15.2 Å². The molecule has 0 rings (SSSR count). The van der Waals surface area contributed by atoms with Gasteiger partial charge >= 0.3 is 5.97 Å². The first-order chi connectivity index (χ1) is 5.59. The van der Waals surface area contributed by atoms with Crippen molar-refractivity contribution in [3.8, 4) is 0 Å². The quantitative estimate of drug-likeness (QED) is 0.477. The first-order valence-electron chi connectivity index (χ1n) is 4.00. The van der Waals surface area contributed by atoms with E-state index < -0.39 is 6.04 Å². The Balaban J connectivity index is 3.57. The van der Waals surface area contributed by atoms with Crippen LogP contribution < -0.4 is 5.73 Å². The topological polar surface area (TPSA) is 61.5 Å². The lowest BCUT2D eigenvalue weighted by atomic mass is 10.1. The van der Waals surface area contributed by atoms with Crippen molar-refractivity contribution in [2.45, 2.75) is 19.9 Å². The summed E-state index contributed by atoms with van der Waals surface area (Å²) >= 11 is 0. The van der Waals surface area contributed by atoms with Gasteiger partial charge in [-0.2, -0.15) is 0 Å². The van der Waals surface area contributed by atoms with Gasteiger partial charge in [0.2, 0.25) is 0 Å². The van der Waals surface area contributed by atoms with Crippen molar-refractivity contribution in [1.29, 1.82) is 0 Å². The Bertz CT molecular complexity index is 136. The van der Waals surface area contributed by atoms with Crippen LogP contribution in [0.2, 0.25) is 0 Å². The summed E-state index contributed by atoms with van der Waals surface area (Å²) in [7, 11) is 1.55. The number of hydrogen-bond acceptors (Lipinski definition) is 4. The van der Waals surface area contributed by atoms with Crippen molar-refractivity contribution in [2.24, 2.45) is 11.7 Å². The molecule has 0 aliphatic carbocycles. The molecule has 72 valence electrons. The molecule has 0 aromatic rings. The number of carbonyl (C=O) groups excluding carboxylic acids is 1. The van der Waals surface area contributed by atoms with Crippen molar-refractivity contribution in [1.82, 2.24) is 0 Å². The van der Waals surface area contributed by atoms with Gasteiger partial charge in [-0.05, 0) is 5.92 Å². The fourth-order valence-corrected chi connectivity index (χ4v) is 0.594. The summed E-state index contributed by atoms with van der Waals surface area (Å²) in [5.41, 5.74) is 5.53. The lowest BCUT2D eigenvalue weighted by Crippen LogP contribution is -2.37. The average Bonchev–Trinajstić information content (AvgIpc) is 2.03. The third-order valence-electron chi connectivity index (χ3n) is 1.52. The highest BCUT2D eigenvalue weighted by molar-refractivity contribution is 5.75. The van der Waals surface area contributed by atoms with E-state index in [9.17, 15) is 4.79 Å². The van der Waals surface area contributed by atoms with Crippen LogP contribution in [-0.2, 0) is 14.3 Å². The first kappa shape index (κ1) is 11.4. The summed E-state index contributed by atoms with van der Waals surface area (Å²) in [4.78, 5) is 11.1. The zero-order valence-electron chi connectivity index (χ0n) is 7.87. The van der Waals surface area contributed by atoms with E-state index in [-0.39, 0.29) is 18.5 Å². The second-order valence-electron chi connectivity index (χ2n) is 2.93. The maximum absolute atomic E-state index is 11.1. The maximum atomic E-state index is 11.1. The third kappa shape index (κ3) is 4.31. The van der Waals surface area contributed by atoms with Crippen LogP contribution in [0.1, 0.15) is 13.8 Å². The van der Waals surface area contributed by atoms with E-state index in [1.54, 1.807) is 7.11 Å². The molecule has 0 heterocycles. The van der Waals surface area contributed by atoms with E-state index in [1.165, 1.54) is 0 Å². The number of hydrogen-bond donors (Lipinski definition) is 1. The Kier molecular flexibility index (Phi) is 5.66. The highest BCUT2D eigenvalue weighted by atomic mass is 16.6. The third-order valence-corrected chi connectivity index (χ3v) is 1.52. The molecule has 0 radical (unpaired) electrons. The number of methoxy groups -OCH3 is 1. The van der Waals surface area contributed by atoms with E-state index in [1.807, 2.05) is 13.8 Å². The van der Waals surface area contributed by atoms with Crippen LogP contribution >= 0.6 is 0 Å². The fraction of sp³-hybridized carbons (Fsp3) is 0.875. The van der Waals surface area contributed by atoms with Gasteiger partial charge in [0.05, 0.1) is 6.61 Å². The summed E-state index contributed by atoms with van der Waals surface area (Å²) < 4.78 is 9.53. The van der Waals surface area contributed by atoms with Crippen LogP contribution in [0.15, 0.2) is 0 Å². The molecule has 1 atom stereocenters. The van der Waals surface area contributed by atoms with Crippen molar-refractivity contribution in [3.63, 3.8) is 0 Å². The molecule has 0 aliphatic rings. The zero-order valence-corrected chi connectivity index (χ0v) is 7.87. The molecular weight excluding hydrogens is 158 g/mol. The minimum Gasteiger partial charge on any atom is -0.462 e. The van der Waals surface area contributed by atoms with Crippen molar-refractivity contribution in [3.05, 3.63) is 0 Å². The Hall–Kier alpha value is -0.610. The highest BCUT2D eigenvalue weighted by Gasteiger charge is 2.18. The van der Waals surface area contributed by atoms with Crippen LogP contribution in [0.25, 0.3) is 0 Å². The lowest BCUT2D eigenvalue weighted by Gasteiger charge is -2.13. The lowest BCUT2D eigenvalue weighted by molar-refractivity contribution is -0.147. The van der Waals surface area contributed by atoms with Crippen LogP contribution in [0.5, 0.6) is 0 Å². The standard InChI is InChI=1S/C8H17NO3/c1-6(2)7(9)8(10)12-5-4-11-3/h6-7H,4-5,9H2,1-3H3/t7-/m0/s1. The Morgan fingerprint density at radius 1 is 1.42 bits per heavy atom. The molecule has 0 fully saturated rings. The number of carbonyl (C=O) groups is 1. The van der Waals surface area contributed by atoms with Gasteiger partial charge in [0.15, 0.2) is 0 Å². The van der Waals surface area contributed by atoms with Crippen LogP contribution in [0, 0.1) is 5.92 Å². The predicted molar refractivity (Wildman–Crippen MR) is 45.6 cm³/mol. The van der Waals surface area contributed by atoms with Gasteiger partial charge < -0.3 is 15.2 Å². The summed E-state index contributed by atoms with van der Waals surface area (Å²) in [5, 5.41) is 0. The largest absolute Gasteiger partial charge is 0.462 e. The zero-order chi connectivity index (χ0) is 9.56. The van der Waals surface area contributed by atoms with E-state index >= 15 is 0 Å². The normalized spacial score (nSPS) is 13.1. The Labute approximate surface area is 73.0 Å². The Morgan fingerprint density at radius 3 is 2.42 bits per heavy atom. The molecular formula is C8H17NO3. The summed E-state index contributed by atoms with van der Waals surface area (Å²) in [6.45, 7) is 4.44. The van der Waals surface area contributed by atoms with Gasteiger partial charge in [0, 0.05) is 7.11 Å². The molecule has 4 heteroatoms. The van der Waals surface area contributed by atoms with E-state index in [0.717, 1.165) is 0 Å². The minimum absolute atomic E-state index is 0.111. The maximum Gasteiger partial charge on any atom is 0.323 e. The molecule has 0 saturated carbocycles. The van der Waals surface area contributed by atoms with Crippen LogP contribution in [0.4, 0.5) is 0 Å². The average molecular weight is 175 g/mol. The number of ether oxygens (including phenoxy) is 2. The SMILES string of the molecule is COCCOC(=O)[C@@H](N)C(C)C.